The van der Waals surface area contributed by atoms with Crippen LogP contribution < -0.4 is 5.32 Å². The van der Waals surface area contributed by atoms with E-state index in [1.165, 1.54) is 17.3 Å². The van der Waals surface area contributed by atoms with Crippen molar-refractivity contribution in [2.75, 3.05) is 25.5 Å². The lowest BCUT2D eigenvalue weighted by atomic mass is 9.93. The Balaban J connectivity index is 0.000000881. The summed E-state index contributed by atoms with van der Waals surface area (Å²) in [5.41, 5.74) is 5.31. The van der Waals surface area contributed by atoms with Crippen LogP contribution in [0.4, 0.5) is 9.70 Å². The first-order valence-electron chi connectivity index (χ1n) is 14.1. The van der Waals surface area contributed by atoms with Crippen molar-refractivity contribution in [3.8, 4) is 0 Å². The molecule has 1 aromatic carbocycles. The van der Waals surface area contributed by atoms with E-state index in [9.17, 15) is 3.89 Å². The molecule has 0 unspecified atom stereocenters. The van der Waals surface area contributed by atoms with Crippen molar-refractivity contribution in [3.05, 3.63) is 83.4 Å². The van der Waals surface area contributed by atoms with Gasteiger partial charge in [-0.2, -0.15) is 13.5 Å². The predicted molar refractivity (Wildman–Crippen MR) is 174 cm³/mol. The minimum Gasteiger partial charge on any atom is -0.366 e. The summed E-state index contributed by atoms with van der Waals surface area (Å²) in [6.45, 7) is 18.9. The van der Waals surface area contributed by atoms with E-state index in [4.69, 9.17) is 14.6 Å². The first-order valence-corrected chi connectivity index (χ1v) is 14.8. The summed E-state index contributed by atoms with van der Waals surface area (Å²) in [7, 11) is 2.14. The van der Waals surface area contributed by atoms with Crippen molar-refractivity contribution in [2.24, 2.45) is 0 Å². The molecule has 1 saturated heterocycles. The molecule has 42 heavy (non-hydrogen) atoms. The van der Waals surface area contributed by atoms with Gasteiger partial charge in [0.15, 0.2) is 5.65 Å². The first kappa shape index (κ1) is 38.4. The van der Waals surface area contributed by atoms with E-state index in [0.29, 0.717) is 23.0 Å². The molecule has 0 radical (unpaired) electrons. The van der Waals surface area contributed by atoms with Crippen LogP contribution >= 0.6 is 12.1 Å². The number of halogens is 1. The van der Waals surface area contributed by atoms with Crippen molar-refractivity contribution >= 4 is 37.2 Å². The van der Waals surface area contributed by atoms with Gasteiger partial charge in [0.25, 0.3) is 0 Å². The summed E-state index contributed by atoms with van der Waals surface area (Å²) in [5, 5.41) is 7.71. The summed E-state index contributed by atoms with van der Waals surface area (Å²) in [6.07, 6.45) is 7.24. The van der Waals surface area contributed by atoms with Crippen molar-refractivity contribution in [2.45, 2.75) is 71.7 Å². The van der Waals surface area contributed by atoms with Gasteiger partial charge in [-0.3, -0.25) is 4.98 Å². The summed E-state index contributed by atoms with van der Waals surface area (Å²) in [6, 6.07) is 14.5. The Labute approximate surface area is 255 Å². The van der Waals surface area contributed by atoms with Crippen molar-refractivity contribution in [1.29, 1.82) is 0 Å². The van der Waals surface area contributed by atoms with Gasteiger partial charge in [-0.15, -0.1) is 0 Å². The third-order valence-electron chi connectivity index (χ3n) is 6.09. The number of likely N-dealkylation sites (tertiary alicyclic amines) is 1. The van der Waals surface area contributed by atoms with Gasteiger partial charge in [-0.05, 0) is 58.5 Å². The molecule has 0 atom stereocenters. The Kier molecular flexibility index (Phi) is 21.0. The van der Waals surface area contributed by atoms with E-state index in [0.717, 1.165) is 43.0 Å². The molecule has 0 aliphatic carbocycles. The number of nitrogens with zero attached hydrogens (tertiary/aromatic N) is 5. The molecule has 0 amide bonds. The number of hydrogen-bond donors (Lipinski definition) is 1. The van der Waals surface area contributed by atoms with E-state index in [2.05, 4.69) is 71.5 Å². The number of carbonyl (C=O) groups excluding carboxylic acids is 2. The first-order chi connectivity index (χ1) is 20.5. The highest BCUT2D eigenvalue weighted by Crippen LogP contribution is 2.31. The number of rotatable bonds is 5. The van der Waals surface area contributed by atoms with Crippen molar-refractivity contribution < 1.29 is 13.5 Å². The fraction of sp³-hybridized carbons (Fsp3) is 0.406. The Morgan fingerprint density at radius 2 is 1.52 bits per heavy atom. The zero-order valence-corrected chi connectivity index (χ0v) is 27.0. The lowest BCUT2D eigenvalue weighted by Gasteiger charge is -2.28. The summed E-state index contributed by atoms with van der Waals surface area (Å²) in [4.78, 5) is 27.7. The molecule has 3 aromatic heterocycles. The Hall–Kier alpha value is -3.63. The van der Waals surface area contributed by atoms with E-state index in [1.54, 1.807) is 10.7 Å². The van der Waals surface area contributed by atoms with Gasteiger partial charge in [0.2, 0.25) is 0 Å². The van der Waals surface area contributed by atoms with Gasteiger partial charge >= 0.3 is 0 Å². The number of anilines is 1. The molecule has 0 bridgehead atoms. The Bertz CT molecular complexity index is 1210. The molecule has 8 nitrogen and oxygen atoms in total. The third-order valence-corrected chi connectivity index (χ3v) is 6.55. The maximum atomic E-state index is 13.3. The lowest BCUT2D eigenvalue weighted by molar-refractivity contribution is -0.0987. The number of aromatic nitrogens is 4. The molecule has 1 fully saturated rings. The summed E-state index contributed by atoms with van der Waals surface area (Å²) < 4.78 is 15.0. The van der Waals surface area contributed by atoms with Gasteiger partial charge in [0.05, 0.1) is 18.3 Å². The van der Waals surface area contributed by atoms with E-state index >= 15 is 0 Å². The Morgan fingerprint density at radius 1 is 0.952 bits per heavy atom. The zero-order valence-electron chi connectivity index (χ0n) is 26.1. The van der Waals surface area contributed by atoms with Crippen LogP contribution in [0.1, 0.15) is 68.8 Å². The molecular weight excluding hydrogens is 551 g/mol. The normalized spacial score (nSPS) is 12.3. The number of piperidine rings is 1. The van der Waals surface area contributed by atoms with Gasteiger partial charge in [-0.25, -0.2) is 4.98 Å². The average molecular weight is 599 g/mol. The Morgan fingerprint density at radius 3 is 2.02 bits per heavy atom. The second kappa shape index (κ2) is 23.0. The van der Waals surface area contributed by atoms with E-state index in [1.807, 2.05) is 59.6 Å². The molecular formula is C32H47FN6O2S. The number of carbonyl (C=O) groups is 2. The summed E-state index contributed by atoms with van der Waals surface area (Å²) >= 11 is 0.192. The second-order valence-electron chi connectivity index (χ2n) is 8.83. The molecule has 10 heteroatoms. The van der Waals surface area contributed by atoms with E-state index in [-0.39, 0.29) is 12.1 Å². The molecule has 5 rings (SSSR count). The van der Waals surface area contributed by atoms with Gasteiger partial charge in [0.1, 0.15) is 24.3 Å². The highest BCUT2D eigenvalue weighted by molar-refractivity contribution is 7.94. The monoisotopic (exact) mass is 598 g/mol. The minimum atomic E-state index is 0.192. The van der Waals surface area contributed by atoms with Crippen LogP contribution in [0.15, 0.2) is 66.0 Å². The molecule has 4 aromatic rings. The molecule has 1 aliphatic rings. The number of hydrogen-bond acceptors (Lipinski definition) is 8. The van der Waals surface area contributed by atoms with Crippen LogP contribution in [0, 0.1) is 13.8 Å². The zero-order chi connectivity index (χ0) is 31.9. The highest BCUT2D eigenvalue weighted by atomic mass is 32.2. The number of nitrogens with one attached hydrogen (secondary N) is 1. The fourth-order valence-corrected chi connectivity index (χ4v) is 4.28. The van der Waals surface area contributed by atoms with Crippen LogP contribution in [0.5, 0.6) is 0 Å². The SMILES string of the molecule is C=O.C=O.CC.CC.CN1CCC(c2cc(NCc3cccnc3)n3ncc(SF)c3n2)CC1.Cc1ccc(C)cc1. The molecule has 1 N–H and O–H groups in total. The van der Waals surface area contributed by atoms with Crippen molar-refractivity contribution in [3.63, 3.8) is 0 Å². The van der Waals surface area contributed by atoms with Crippen LogP contribution in [0.25, 0.3) is 5.65 Å². The van der Waals surface area contributed by atoms with Crippen LogP contribution in [0.3, 0.4) is 0 Å². The van der Waals surface area contributed by atoms with Crippen molar-refractivity contribution in [1.82, 2.24) is 24.5 Å². The second-order valence-corrected chi connectivity index (χ2v) is 9.43. The number of fused-ring (bicyclic) bond motifs is 1. The van der Waals surface area contributed by atoms with E-state index < -0.39 is 0 Å². The number of aryl methyl sites for hydroxylation is 2. The lowest BCUT2D eigenvalue weighted by Crippen LogP contribution is -2.29. The standard InChI is InChI=1S/C18H21FN6S.C8H10.2C2H6.2CH2O/c1-24-7-4-14(5-8-24)15-9-17(21-11-13-3-2-6-20-10-13)25-18(23-15)16(26-19)12-22-25;1-7-3-5-8(2)6-4-7;4*1-2/h2-3,6,9-10,12,14,21H,4-5,7-8,11H2,1H3;3-6H,1-2H3;2*1-2H3;2*1H2. The van der Waals surface area contributed by atoms with Gasteiger partial charge < -0.3 is 19.8 Å². The van der Waals surface area contributed by atoms with Gasteiger partial charge in [-0.1, -0.05) is 69.2 Å². The summed E-state index contributed by atoms with van der Waals surface area (Å²) in [5.74, 6) is 1.22. The molecule has 1 aliphatic heterocycles. The number of pyridine rings is 1. The molecule has 230 valence electrons. The minimum absolute atomic E-state index is 0.192. The fourth-order valence-electron chi connectivity index (χ4n) is 3.99. The molecule has 0 saturated carbocycles. The maximum Gasteiger partial charge on any atom is 0.173 e. The average Bonchev–Trinajstić information content (AvgIpc) is 3.49. The molecule has 4 heterocycles. The highest BCUT2D eigenvalue weighted by Gasteiger charge is 2.22. The van der Waals surface area contributed by atoms with Gasteiger partial charge in [0, 0.05) is 36.6 Å². The largest absolute Gasteiger partial charge is 0.366 e. The topological polar surface area (TPSA) is 92.5 Å². The van der Waals surface area contributed by atoms with Crippen LogP contribution in [-0.2, 0) is 16.1 Å². The number of benzene rings is 1. The van der Waals surface area contributed by atoms with Crippen LogP contribution in [-0.4, -0.2) is 58.2 Å². The maximum absolute atomic E-state index is 13.3. The third kappa shape index (κ3) is 12.5. The quantitative estimate of drug-likeness (QED) is 0.252. The smallest absolute Gasteiger partial charge is 0.173 e. The molecule has 0 spiro atoms. The van der Waals surface area contributed by atoms with Crippen LogP contribution in [0.2, 0.25) is 0 Å². The predicted octanol–water partition coefficient (Wildman–Crippen LogP) is 7.51.